The fourth-order valence-corrected chi connectivity index (χ4v) is 1.56. The lowest BCUT2D eigenvalue weighted by atomic mass is 10.0. The van der Waals surface area contributed by atoms with Gasteiger partial charge in [0.2, 0.25) is 0 Å². The predicted molar refractivity (Wildman–Crippen MR) is 66.8 cm³/mol. The summed E-state index contributed by atoms with van der Waals surface area (Å²) in [5, 5.41) is 0. The smallest absolute Gasteiger partial charge is 0.0934 e. The molecule has 1 rings (SSSR count). The molecule has 2 N–H and O–H groups in total. The van der Waals surface area contributed by atoms with Crippen molar-refractivity contribution in [3.05, 3.63) is 46.2 Å². The first kappa shape index (κ1) is 12.5. The van der Waals surface area contributed by atoms with Crippen LogP contribution in [-0.2, 0) is 6.42 Å². The molecule has 0 unspecified atom stereocenters. The van der Waals surface area contributed by atoms with Gasteiger partial charge in [-0.3, -0.25) is 4.39 Å². The fraction of sp³-hybridized carbons (Fsp3) is 0.357. The van der Waals surface area contributed by atoms with E-state index in [0.717, 1.165) is 22.3 Å². The minimum Gasteiger partial charge on any atom is -0.392 e. The van der Waals surface area contributed by atoms with Gasteiger partial charge >= 0.3 is 0 Å². The maximum Gasteiger partial charge on any atom is 0.0934 e. The van der Waals surface area contributed by atoms with Crippen molar-refractivity contribution in [3.63, 3.8) is 0 Å². The molecule has 0 aliphatic carbocycles. The Balaban J connectivity index is 3.22. The number of hydrogen-bond acceptors (Lipinski definition) is 1. The Kier molecular flexibility index (Phi) is 4.33. The molecule has 0 fully saturated rings. The third-order valence-corrected chi connectivity index (χ3v) is 2.36. The van der Waals surface area contributed by atoms with Crippen LogP contribution in [0.2, 0.25) is 0 Å². The molecule has 0 aliphatic heterocycles. The molecule has 0 bridgehead atoms. The highest BCUT2D eigenvalue weighted by Crippen LogP contribution is 2.17. The van der Waals surface area contributed by atoms with Crippen molar-refractivity contribution >= 4 is 5.70 Å². The summed E-state index contributed by atoms with van der Waals surface area (Å²) < 4.78 is 12.3. The number of nitrogens with two attached hydrogens (primary N) is 1. The Morgan fingerprint density at radius 3 is 2.62 bits per heavy atom. The minimum atomic E-state index is -0.339. The summed E-state index contributed by atoms with van der Waals surface area (Å²) in [7, 11) is 0. The third-order valence-electron chi connectivity index (χ3n) is 2.36. The summed E-state index contributed by atoms with van der Waals surface area (Å²) in [5.41, 5.74) is 13.7. The molecule has 0 saturated heterocycles. The van der Waals surface area contributed by atoms with Crippen LogP contribution in [0.3, 0.4) is 0 Å². The Morgan fingerprint density at radius 2 is 2.06 bits per heavy atom. The molecular formula is C14H18FN. The van der Waals surface area contributed by atoms with Gasteiger partial charge in [0.15, 0.2) is 0 Å². The number of allylic oxidation sites excluding steroid dienone is 1. The average Bonchev–Trinajstić information content (AvgIpc) is 2.20. The van der Waals surface area contributed by atoms with Gasteiger partial charge in [-0.05, 0) is 43.5 Å². The van der Waals surface area contributed by atoms with Crippen LogP contribution in [0.5, 0.6) is 0 Å². The van der Waals surface area contributed by atoms with Gasteiger partial charge in [0.25, 0.3) is 0 Å². The molecule has 1 aromatic carbocycles. The first-order chi connectivity index (χ1) is 7.54. The normalized spacial score (nSPS) is 9.75. The van der Waals surface area contributed by atoms with Gasteiger partial charge in [0.1, 0.15) is 0 Å². The zero-order valence-corrected chi connectivity index (χ0v) is 10.1. The summed E-state index contributed by atoms with van der Waals surface area (Å²) in [4.78, 5) is 0. The van der Waals surface area contributed by atoms with E-state index in [2.05, 4.69) is 5.73 Å². The topological polar surface area (TPSA) is 26.0 Å². The summed E-state index contributed by atoms with van der Waals surface area (Å²) >= 11 is 0. The lowest BCUT2D eigenvalue weighted by Crippen LogP contribution is -1.99. The van der Waals surface area contributed by atoms with Gasteiger partial charge in [-0.1, -0.05) is 17.9 Å². The molecule has 16 heavy (non-hydrogen) atoms. The predicted octanol–water partition coefficient (Wildman–Crippen LogP) is 3.37. The molecule has 0 heterocycles. The van der Waals surface area contributed by atoms with E-state index >= 15 is 0 Å². The van der Waals surface area contributed by atoms with Crippen LogP contribution >= 0.6 is 0 Å². The summed E-state index contributed by atoms with van der Waals surface area (Å²) in [5.74, 6) is 0. The second kappa shape index (κ2) is 5.53. The lowest BCUT2D eigenvalue weighted by molar-refractivity contribution is 0.495. The third kappa shape index (κ3) is 3.25. The minimum absolute atomic E-state index is 0.339. The molecule has 0 aliphatic rings. The summed E-state index contributed by atoms with van der Waals surface area (Å²) in [6, 6.07) is 5.86. The highest BCUT2D eigenvalue weighted by molar-refractivity contribution is 5.65. The van der Waals surface area contributed by atoms with Crippen molar-refractivity contribution in [2.75, 3.05) is 6.67 Å². The van der Waals surface area contributed by atoms with Gasteiger partial charge in [-0.15, -0.1) is 0 Å². The van der Waals surface area contributed by atoms with Crippen molar-refractivity contribution in [3.8, 4) is 0 Å². The van der Waals surface area contributed by atoms with Crippen LogP contribution < -0.4 is 5.73 Å². The van der Waals surface area contributed by atoms with Crippen LogP contribution in [0.15, 0.2) is 29.5 Å². The molecule has 1 aromatic rings. The number of aryl methyl sites for hydroxylation is 2. The first-order valence-electron chi connectivity index (χ1n) is 5.40. The molecule has 0 amide bonds. The lowest BCUT2D eigenvalue weighted by Gasteiger charge is -2.07. The van der Waals surface area contributed by atoms with E-state index in [1.165, 1.54) is 0 Å². The fourth-order valence-electron chi connectivity index (χ4n) is 1.56. The second-order valence-corrected chi connectivity index (χ2v) is 4.13. The zero-order valence-electron chi connectivity index (χ0n) is 10.1. The van der Waals surface area contributed by atoms with E-state index in [-0.39, 0.29) is 6.67 Å². The molecule has 2 heteroatoms. The Bertz CT molecular complexity index is 436. The Labute approximate surface area is 96.5 Å². The molecule has 0 saturated carbocycles. The SMILES string of the molecule is CC(C)=C=C(N)c1cc(CCF)ccc1C. The van der Waals surface area contributed by atoms with Gasteiger partial charge in [-0.2, -0.15) is 0 Å². The van der Waals surface area contributed by atoms with Crippen LogP contribution in [0.1, 0.15) is 30.5 Å². The maximum absolute atomic E-state index is 12.3. The quantitative estimate of drug-likeness (QED) is 0.775. The van der Waals surface area contributed by atoms with E-state index < -0.39 is 0 Å². The summed E-state index contributed by atoms with van der Waals surface area (Å²) in [6.45, 7) is 5.56. The molecule has 1 nitrogen and oxygen atoms in total. The molecule has 0 atom stereocenters. The van der Waals surface area contributed by atoms with Crippen LogP contribution in [-0.4, -0.2) is 6.67 Å². The van der Waals surface area contributed by atoms with Gasteiger partial charge < -0.3 is 5.73 Å². The maximum atomic E-state index is 12.3. The van der Waals surface area contributed by atoms with E-state index in [4.69, 9.17) is 5.73 Å². The van der Waals surface area contributed by atoms with Crippen LogP contribution in [0.25, 0.3) is 5.70 Å². The molecule has 86 valence electrons. The van der Waals surface area contributed by atoms with Crippen molar-refractivity contribution < 1.29 is 4.39 Å². The van der Waals surface area contributed by atoms with Crippen LogP contribution in [0.4, 0.5) is 4.39 Å². The second-order valence-electron chi connectivity index (χ2n) is 4.13. The van der Waals surface area contributed by atoms with Gasteiger partial charge in [-0.25, -0.2) is 0 Å². The Morgan fingerprint density at radius 1 is 1.38 bits per heavy atom. The molecular weight excluding hydrogens is 201 g/mol. The van der Waals surface area contributed by atoms with Crippen LogP contribution in [0, 0.1) is 6.92 Å². The van der Waals surface area contributed by atoms with E-state index in [1.54, 1.807) is 0 Å². The first-order valence-corrected chi connectivity index (χ1v) is 5.40. The van der Waals surface area contributed by atoms with E-state index in [1.807, 2.05) is 39.0 Å². The Hall–Kier alpha value is -1.53. The monoisotopic (exact) mass is 219 g/mol. The van der Waals surface area contributed by atoms with E-state index in [9.17, 15) is 4.39 Å². The van der Waals surface area contributed by atoms with Crippen molar-refractivity contribution in [1.82, 2.24) is 0 Å². The van der Waals surface area contributed by atoms with Gasteiger partial charge in [0.05, 0.1) is 12.4 Å². The van der Waals surface area contributed by atoms with Crippen molar-refractivity contribution in [2.45, 2.75) is 27.2 Å². The number of rotatable bonds is 3. The number of halogens is 1. The highest BCUT2D eigenvalue weighted by atomic mass is 19.1. The highest BCUT2D eigenvalue weighted by Gasteiger charge is 2.03. The van der Waals surface area contributed by atoms with Gasteiger partial charge in [0, 0.05) is 12.0 Å². The largest absolute Gasteiger partial charge is 0.392 e. The number of benzene rings is 1. The molecule has 0 aromatic heterocycles. The van der Waals surface area contributed by atoms with Crippen molar-refractivity contribution in [2.24, 2.45) is 5.73 Å². The molecule has 0 spiro atoms. The molecule has 0 radical (unpaired) electrons. The standard InChI is InChI=1S/C14H18FN/c1-10(2)8-14(16)13-9-12(6-7-15)5-4-11(13)3/h4-5,9H,6-7,16H2,1-3H3. The average molecular weight is 219 g/mol. The van der Waals surface area contributed by atoms with E-state index in [0.29, 0.717) is 12.1 Å². The number of hydrogen-bond donors (Lipinski definition) is 1. The zero-order chi connectivity index (χ0) is 12.1. The number of alkyl halides is 1. The van der Waals surface area contributed by atoms with Crippen molar-refractivity contribution in [1.29, 1.82) is 0 Å². The summed E-state index contributed by atoms with van der Waals surface area (Å²) in [6.07, 6.45) is 0.440.